The lowest BCUT2D eigenvalue weighted by atomic mass is 10.4. The standard InChI is InChI=1S/C11H12N4OS/c1-16-9-4-2-3-8(15-9)7-17-11-10(12)13-5-6-14-11/h2-6H,7H2,1H3,(H2,12,13). The molecule has 0 unspecified atom stereocenters. The fraction of sp³-hybridized carbons (Fsp3) is 0.182. The van der Waals surface area contributed by atoms with E-state index in [9.17, 15) is 0 Å². The normalized spacial score (nSPS) is 10.2. The van der Waals surface area contributed by atoms with Gasteiger partial charge in [-0.05, 0) is 6.07 Å². The average Bonchev–Trinajstić information content (AvgIpc) is 2.38. The average molecular weight is 248 g/mol. The van der Waals surface area contributed by atoms with Crippen molar-refractivity contribution in [1.29, 1.82) is 0 Å². The summed E-state index contributed by atoms with van der Waals surface area (Å²) >= 11 is 1.50. The summed E-state index contributed by atoms with van der Waals surface area (Å²) in [7, 11) is 1.60. The van der Waals surface area contributed by atoms with Gasteiger partial charge < -0.3 is 10.5 Å². The van der Waals surface area contributed by atoms with E-state index in [1.807, 2.05) is 18.2 Å². The van der Waals surface area contributed by atoms with Crippen LogP contribution in [-0.2, 0) is 5.75 Å². The van der Waals surface area contributed by atoms with Crippen LogP contribution in [0.1, 0.15) is 5.69 Å². The Morgan fingerprint density at radius 2 is 2.12 bits per heavy atom. The van der Waals surface area contributed by atoms with Gasteiger partial charge in [-0.3, -0.25) is 0 Å². The van der Waals surface area contributed by atoms with Crippen molar-refractivity contribution >= 4 is 17.6 Å². The summed E-state index contributed by atoms with van der Waals surface area (Å²) in [5.74, 6) is 1.73. The van der Waals surface area contributed by atoms with Crippen LogP contribution in [0, 0.1) is 0 Å². The zero-order valence-corrected chi connectivity index (χ0v) is 10.1. The van der Waals surface area contributed by atoms with Crippen LogP contribution in [-0.4, -0.2) is 22.1 Å². The van der Waals surface area contributed by atoms with Crippen LogP contribution in [0.2, 0.25) is 0 Å². The van der Waals surface area contributed by atoms with E-state index < -0.39 is 0 Å². The lowest BCUT2D eigenvalue weighted by Crippen LogP contribution is -1.96. The molecular weight excluding hydrogens is 236 g/mol. The van der Waals surface area contributed by atoms with Gasteiger partial charge in [-0.25, -0.2) is 15.0 Å². The summed E-state index contributed by atoms with van der Waals surface area (Å²) in [4.78, 5) is 12.4. The minimum Gasteiger partial charge on any atom is -0.481 e. The second kappa shape index (κ2) is 5.49. The van der Waals surface area contributed by atoms with E-state index in [1.165, 1.54) is 11.8 Å². The fourth-order valence-corrected chi connectivity index (χ4v) is 2.02. The lowest BCUT2D eigenvalue weighted by Gasteiger charge is -2.04. The van der Waals surface area contributed by atoms with Crippen molar-refractivity contribution in [1.82, 2.24) is 15.0 Å². The summed E-state index contributed by atoms with van der Waals surface area (Å²) in [6.45, 7) is 0. The van der Waals surface area contributed by atoms with Gasteiger partial charge in [-0.15, -0.1) is 0 Å². The highest BCUT2D eigenvalue weighted by molar-refractivity contribution is 7.98. The smallest absolute Gasteiger partial charge is 0.213 e. The Hall–Kier alpha value is -1.82. The maximum atomic E-state index is 5.70. The Morgan fingerprint density at radius 3 is 2.88 bits per heavy atom. The van der Waals surface area contributed by atoms with Crippen LogP contribution in [0.25, 0.3) is 0 Å². The van der Waals surface area contributed by atoms with Gasteiger partial charge in [-0.2, -0.15) is 0 Å². The molecule has 0 aliphatic rings. The molecule has 0 aliphatic carbocycles. The Labute approximate surface area is 103 Å². The highest BCUT2D eigenvalue weighted by atomic mass is 32.2. The highest BCUT2D eigenvalue weighted by Crippen LogP contribution is 2.23. The Balaban J connectivity index is 2.05. The molecule has 88 valence electrons. The van der Waals surface area contributed by atoms with E-state index in [2.05, 4.69) is 15.0 Å². The molecule has 2 heterocycles. The zero-order chi connectivity index (χ0) is 12.1. The van der Waals surface area contributed by atoms with Gasteiger partial charge in [0.05, 0.1) is 12.8 Å². The molecule has 2 rings (SSSR count). The molecule has 0 aliphatic heterocycles. The molecule has 0 aromatic carbocycles. The fourth-order valence-electron chi connectivity index (χ4n) is 1.24. The molecule has 0 spiro atoms. The lowest BCUT2D eigenvalue weighted by molar-refractivity contribution is 0.397. The maximum Gasteiger partial charge on any atom is 0.213 e. The minimum absolute atomic E-state index is 0.445. The summed E-state index contributed by atoms with van der Waals surface area (Å²) in [5.41, 5.74) is 6.62. The SMILES string of the molecule is COc1cccc(CSc2nccnc2N)n1. The third kappa shape index (κ3) is 3.07. The van der Waals surface area contributed by atoms with Crippen LogP contribution in [0.3, 0.4) is 0 Å². The van der Waals surface area contributed by atoms with Crippen molar-refractivity contribution in [2.75, 3.05) is 12.8 Å². The molecule has 2 aromatic rings. The van der Waals surface area contributed by atoms with E-state index in [1.54, 1.807) is 19.5 Å². The van der Waals surface area contributed by atoms with Crippen molar-refractivity contribution in [2.45, 2.75) is 10.8 Å². The number of nitrogens with two attached hydrogens (primary N) is 1. The molecule has 0 atom stereocenters. The van der Waals surface area contributed by atoms with E-state index in [-0.39, 0.29) is 0 Å². The van der Waals surface area contributed by atoms with Gasteiger partial charge in [0.25, 0.3) is 0 Å². The van der Waals surface area contributed by atoms with E-state index in [0.29, 0.717) is 17.5 Å². The Bertz CT molecular complexity index is 506. The largest absolute Gasteiger partial charge is 0.481 e. The molecule has 0 saturated carbocycles. The summed E-state index contributed by atoms with van der Waals surface area (Å²) in [5, 5.41) is 0.720. The number of aromatic nitrogens is 3. The molecule has 5 nitrogen and oxygen atoms in total. The van der Waals surface area contributed by atoms with Crippen molar-refractivity contribution < 1.29 is 4.74 Å². The van der Waals surface area contributed by atoms with Gasteiger partial charge >= 0.3 is 0 Å². The molecule has 2 aromatic heterocycles. The van der Waals surface area contributed by atoms with Gasteiger partial charge in [0, 0.05) is 24.2 Å². The first-order valence-electron chi connectivity index (χ1n) is 4.99. The third-order valence-corrected chi connectivity index (χ3v) is 3.07. The minimum atomic E-state index is 0.445. The van der Waals surface area contributed by atoms with E-state index in [0.717, 1.165) is 10.7 Å². The maximum absolute atomic E-state index is 5.70. The first kappa shape index (κ1) is 11.7. The number of hydrogen-bond donors (Lipinski definition) is 1. The molecule has 6 heteroatoms. The molecule has 0 radical (unpaired) electrons. The Morgan fingerprint density at radius 1 is 1.29 bits per heavy atom. The van der Waals surface area contributed by atoms with Crippen LogP contribution in [0.4, 0.5) is 5.82 Å². The van der Waals surface area contributed by atoms with Gasteiger partial charge in [0.1, 0.15) is 5.03 Å². The third-order valence-electron chi connectivity index (χ3n) is 2.04. The number of nitrogens with zero attached hydrogens (tertiary/aromatic N) is 3. The van der Waals surface area contributed by atoms with Crippen molar-refractivity contribution in [3.8, 4) is 5.88 Å². The van der Waals surface area contributed by atoms with E-state index in [4.69, 9.17) is 10.5 Å². The monoisotopic (exact) mass is 248 g/mol. The zero-order valence-electron chi connectivity index (χ0n) is 9.33. The van der Waals surface area contributed by atoms with E-state index >= 15 is 0 Å². The second-order valence-electron chi connectivity index (χ2n) is 3.21. The molecule has 2 N–H and O–H groups in total. The number of pyridine rings is 1. The number of methoxy groups -OCH3 is 1. The molecule has 0 fully saturated rings. The number of thioether (sulfide) groups is 1. The number of hydrogen-bond acceptors (Lipinski definition) is 6. The first-order chi connectivity index (χ1) is 8.29. The summed E-state index contributed by atoms with van der Waals surface area (Å²) in [6, 6.07) is 5.65. The number of ether oxygens (including phenoxy) is 1. The first-order valence-corrected chi connectivity index (χ1v) is 5.97. The quantitative estimate of drug-likeness (QED) is 0.831. The number of nitrogen functional groups attached to an aromatic ring is 1. The summed E-state index contributed by atoms with van der Waals surface area (Å²) in [6.07, 6.45) is 3.20. The number of anilines is 1. The van der Waals surface area contributed by atoms with Crippen LogP contribution < -0.4 is 10.5 Å². The summed E-state index contributed by atoms with van der Waals surface area (Å²) < 4.78 is 5.06. The highest BCUT2D eigenvalue weighted by Gasteiger charge is 2.04. The van der Waals surface area contributed by atoms with Crippen molar-refractivity contribution in [3.05, 3.63) is 36.3 Å². The van der Waals surface area contributed by atoms with Crippen molar-refractivity contribution in [2.24, 2.45) is 0 Å². The van der Waals surface area contributed by atoms with Crippen LogP contribution >= 0.6 is 11.8 Å². The predicted molar refractivity (Wildman–Crippen MR) is 66.8 cm³/mol. The molecule has 17 heavy (non-hydrogen) atoms. The van der Waals surface area contributed by atoms with Crippen LogP contribution in [0.15, 0.2) is 35.6 Å². The molecular formula is C11H12N4OS. The van der Waals surface area contributed by atoms with Crippen LogP contribution in [0.5, 0.6) is 5.88 Å². The predicted octanol–water partition coefficient (Wildman–Crippen LogP) is 1.75. The van der Waals surface area contributed by atoms with Crippen molar-refractivity contribution in [3.63, 3.8) is 0 Å². The molecule has 0 saturated heterocycles. The second-order valence-corrected chi connectivity index (χ2v) is 4.17. The number of rotatable bonds is 4. The topological polar surface area (TPSA) is 73.9 Å². The molecule has 0 amide bonds. The Kier molecular flexibility index (Phi) is 3.77. The van der Waals surface area contributed by atoms with Gasteiger partial charge in [0.2, 0.25) is 5.88 Å². The molecule has 0 bridgehead atoms. The van der Waals surface area contributed by atoms with Gasteiger partial charge in [-0.1, -0.05) is 17.8 Å². The van der Waals surface area contributed by atoms with Gasteiger partial charge in [0.15, 0.2) is 5.82 Å².